The van der Waals surface area contributed by atoms with Crippen LogP contribution in [0.1, 0.15) is 12.5 Å². The smallest absolute Gasteiger partial charge is 0.233 e. The maximum Gasteiger partial charge on any atom is 0.233 e. The predicted octanol–water partition coefficient (Wildman–Crippen LogP) is 4.04. The molecule has 1 N–H and O–H groups in total. The van der Waals surface area contributed by atoms with Gasteiger partial charge in [0.25, 0.3) is 0 Å². The number of carbonyl (C=O) groups is 1. The summed E-state index contributed by atoms with van der Waals surface area (Å²) in [5, 5.41) is 4.70. The van der Waals surface area contributed by atoms with Gasteiger partial charge in [0.2, 0.25) is 5.91 Å². The molecule has 0 fully saturated rings. The number of hydrogen-bond acceptors (Lipinski definition) is 4. The monoisotopic (exact) mass is 352 g/mol. The fraction of sp³-hybridized carbons (Fsp3) is 0.200. The van der Waals surface area contributed by atoms with Crippen molar-refractivity contribution in [3.05, 3.63) is 66.2 Å². The Hall–Kier alpha value is -2.53. The highest BCUT2D eigenvalue weighted by Gasteiger charge is 2.15. The van der Waals surface area contributed by atoms with Crippen LogP contribution in [0.5, 0.6) is 5.75 Å². The van der Waals surface area contributed by atoms with Gasteiger partial charge in [-0.05, 0) is 36.8 Å². The van der Waals surface area contributed by atoms with Gasteiger partial charge in [0.1, 0.15) is 5.75 Å². The van der Waals surface area contributed by atoms with Crippen LogP contribution in [-0.4, -0.2) is 23.3 Å². The Morgan fingerprint density at radius 2 is 1.88 bits per heavy atom. The van der Waals surface area contributed by atoms with Gasteiger partial charge in [-0.3, -0.25) is 4.79 Å². The molecule has 1 aromatic heterocycles. The average molecular weight is 352 g/mol. The lowest BCUT2D eigenvalue weighted by molar-refractivity contribution is -0.120. The summed E-state index contributed by atoms with van der Waals surface area (Å²) in [5.74, 6) is 0.803. The molecule has 0 spiro atoms. The lowest BCUT2D eigenvalue weighted by Crippen LogP contribution is -2.30. The number of fused-ring (bicyclic) bond motifs is 1. The first-order chi connectivity index (χ1) is 12.2. The van der Waals surface area contributed by atoms with Crippen molar-refractivity contribution in [2.24, 2.45) is 0 Å². The third kappa shape index (κ3) is 4.51. The zero-order valence-corrected chi connectivity index (χ0v) is 15.0. The Bertz CT molecular complexity index is 865. The number of nitrogens with one attached hydrogen (secondary N) is 1. The van der Waals surface area contributed by atoms with Crippen LogP contribution >= 0.6 is 11.8 Å². The Balaban J connectivity index is 1.57. The minimum absolute atomic E-state index is 0.00391. The fourth-order valence-corrected chi connectivity index (χ4v) is 3.27. The number of carbonyl (C=O) groups excluding carboxylic acids is 1. The topological polar surface area (TPSA) is 51.2 Å². The number of methoxy groups -OCH3 is 1. The molecule has 1 amide bonds. The first-order valence-electron chi connectivity index (χ1n) is 8.09. The summed E-state index contributed by atoms with van der Waals surface area (Å²) in [6, 6.07) is 19.6. The largest absolute Gasteiger partial charge is 0.497 e. The van der Waals surface area contributed by atoms with Gasteiger partial charge >= 0.3 is 0 Å². The van der Waals surface area contributed by atoms with E-state index in [9.17, 15) is 4.79 Å². The van der Waals surface area contributed by atoms with E-state index in [1.165, 1.54) is 11.8 Å². The molecule has 0 bridgehead atoms. The van der Waals surface area contributed by atoms with E-state index in [1.54, 1.807) is 7.11 Å². The number of hydrogen-bond donors (Lipinski definition) is 1. The van der Waals surface area contributed by atoms with Crippen molar-refractivity contribution in [3.8, 4) is 5.75 Å². The Morgan fingerprint density at radius 1 is 1.12 bits per heavy atom. The van der Waals surface area contributed by atoms with Gasteiger partial charge in [0.05, 0.1) is 22.9 Å². The van der Waals surface area contributed by atoms with E-state index in [1.807, 2.05) is 67.6 Å². The molecule has 3 rings (SSSR count). The molecular formula is C20H20N2O2S. The van der Waals surface area contributed by atoms with Crippen LogP contribution in [0.25, 0.3) is 10.9 Å². The first kappa shape index (κ1) is 17.3. The minimum Gasteiger partial charge on any atom is -0.497 e. The molecule has 128 valence electrons. The SMILES string of the molecule is COc1ccc(CNC(=O)[C@@H](C)Sc2ccc3ccccc3n2)cc1. The number of rotatable bonds is 6. The van der Waals surface area contributed by atoms with Crippen molar-refractivity contribution in [2.45, 2.75) is 23.7 Å². The molecule has 1 heterocycles. The number of nitrogens with zero attached hydrogens (tertiary/aromatic N) is 1. The van der Waals surface area contributed by atoms with Gasteiger partial charge in [-0.2, -0.15) is 0 Å². The Labute approximate surface area is 151 Å². The van der Waals surface area contributed by atoms with Crippen molar-refractivity contribution >= 4 is 28.6 Å². The molecule has 25 heavy (non-hydrogen) atoms. The summed E-state index contributed by atoms with van der Waals surface area (Å²) in [6.07, 6.45) is 0. The summed E-state index contributed by atoms with van der Waals surface area (Å²) in [5.41, 5.74) is 1.98. The molecule has 0 aliphatic heterocycles. The number of para-hydroxylation sites is 1. The molecule has 0 radical (unpaired) electrons. The third-order valence-corrected chi connectivity index (χ3v) is 4.90. The lowest BCUT2D eigenvalue weighted by atomic mass is 10.2. The molecule has 0 saturated carbocycles. The lowest BCUT2D eigenvalue weighted by Gasteiger charge is -2.12. The minimum atomic E-state index is -0.216. The third-order valence-electron chi connectivity index (χ3n) is 3.87. The van der Waals surface area contributed by atoms with Crippen LogP contribution in [0.15, 0.2) is 65.7 Å². The highest BCUT2D eigenvalue weighted by molar-refractivity contribution is 8.00. The number of aromatic nitrogens is 1. The van der Waals surface area contributed by atoms with E-state index in [2.05, 4.69) is 10.3 Å². The molecule has 3 aromatic rings. The van der Waals surface area contributed by atoms with Gasteiger partial charge < -0.3 is 10.1 Å². The summed E-state index contributed by atoms with van der Waals surface area (Å²) in [7, 11) is 1.64. The zero-order valence-electron chi connectivity index (χ0n) is 14.2. The molecule has 0 aliphatic carbocycles. The van der Waals surface area contributed by atoms with E-state index >= 15 is 0 Å². The fourth-order valence-electron chi connectivity index (χ4n) is 2.42. The van der Waals surface area contributed by atoms with Crippen molar-refractivity contribution in [1.29, 1.82) is 0 Å². The highest BCUT2D eigenvalue weighted by Crippen LogP contribution is 2.24. The molecule has 0 saturated heterocycles. The Morgan fingerprint density at radius 3 is 2.64 bits per heavy atom. The first-order valence-corrected chi connectivity index (χ1v) is 8.97. The molecule has 0 aliphatic rings. The number of benzene rings is 2. The second-order valence-electron chi connectivity index (χ2n) is 5.67. The van der Waals surface area contributed by atoms with E-state index in [4.69, 9.17) is 4.74 Å². The zero-order chi connectivity index (χ0) is 17.6. The van der Waals surface area contributed by atoms with Gasteiger partial charge in [0.15, 0.2) is 0 Å². The maximum absolute atomic E-state index is 12.3. The number of ether oxygens (including phenoxy) is 1. The normalized spacial score (nSPS) is 11.9. The summed E-state index contributed by atoms with van der Waals surface area (Å²) in [6.45, 7) is 2.39. The van der Waals surface area contributed by atoms with Crippen LogP contribution in [0.4, 0.5) is 0 Å². The van der Waals surface area contributed by atoms with E-state index in [0.717, 1.165) is 27.2 Å². The van der Waals surface area contributed by atoms with Crippen molar-refractivity contribution in [2.75, 3.05) is 7.11 Å². The summed E-state index contributed by atoms with van der Waals surface area (Å²) in [4.78, 5) is 16.9. The predicted molar refractivity (Wildman–Crippen MR) is 102 cm³/mol. The van der Waals surface area contributed by atoms with Crippen LogP contribution in [0, 0.1) is 0 Å². The highest BCUT2D eigenvalue weighted by atomic mass is 32.2. The van der Waals surface area contributed by atoms with Gasteiger partial charge in [-0.25, -0.2) is 4.98 Å². The second-order valence-corrected chi connectivity index (χ2v) is 7.03. The van der Waals surface area contributed by atoms with Crippen LogP contribution < -0.4 is 10.1 Å². The van der Waals surface area contributed by atoms with Crippen molar-refractivity contribution in [1.82, 2.24) is 10.3 Å². The molecule has 4 nitrogen and oxygen atoms in total. The van der Waals surface area contributed by atoms with Crippen LogP contribution in [0.2, 0.25) is 0 Å². The number of amides is 1. The average Bonchev–Trinajstić information content (AvgIpc) is 2.66. The van der Waals surface area contributed by atoms with E-state index in [0.29, 0.717) is 6.54 Å². The van der Waals surface area contributed by atoms with Crippen LogP contribution in [-0.2, 0) is 11.3 Å². The van der Waals surface area contributed by atoms with E-state index < -0.39 is 0 Å². The number of thioether (sulfide) groups is 1. The molecule has 0 unspecified atom stereocenters. The van der Waals surface area contributed by atoms with Gasteiger partial charge in [-0.15, -0.1) is 0 Å². The summed E-state index contributed by atoms with van der Waals surface area (Å²) >= 11 is 1.46. The second kappa shape index (κ2) is 8.03. The molecule has 1 atom stereocenters. The van der Waals surface area contributed by atoms with E-state index in [-0.39, 0.29) is 11.2 Å². The van der Waals surface area contributed by atoms with Crippen molar-refractivity contribution in [3.63, 3.8) is 0 Å². The van der Waals surface area contributed by atoms with Gasteiger partial charge in [-0.1, -0.05) is 48.2 Å². The van der Waals surface area contributed by atoms with Crippen molar-refractivity contribution < 1.29 is 9.53 Å². The molecular weight excluding hydrogens is 332 g/mol. The Kier molecular flexibility index (Phi) is 5.56. The van der Waals surface area contributed by atoms with Gasteiger partial charge in [0, 0.05) is 11.9 Å². The molecule has 5 heteroatoms. The molecule has 2 aromatic carbocycles. The van der Waals surface area contributed by atoms with Crippen LogP contribution in [0.3, 0.4) is 0 Å². The maximum atomic E-state index is 12.3. The number of pyridine rings is 1. The standard InChI is InChI=1S/C20H20N2O2S/c1-14(20(23)21-13-15-7-10-17(24-2)11-8-15)25-19-12-9-16-5-3-4-6-18(16)22-19/h3-12,14H,13H2,1-2H3,(H,21,23)/t14-/m1/s1. The quantitative estimate of drug-likeness (QED) is 0.680. The summed E-state index contributed by atoms with van der Waals surface area (Å²) < 4.78 is 5.13.